The number of carbonyl (C=O) groups is 2. The van der Waals surface area contributed by atoms with E-state index >= 15 is 0 Å². The van der Waals surface area contributed by atoms with Gasteiger partial charge in [0, 0.05) is 42.0 Å². The number of hydrogen-bond donors (Lipinski definition) is 1. The Morgan fingerprint density at radius 1 is 0.977 bits per heavy atom. The van der Waals surface area contributed by atoms with E-state index in [-0.39, 0.29) is 43.8 Å². The average Bonchev–Trinajstić information content (AvgIpc) is 3.48. The maximum Gasteiger partial charge on any atom is 0.243 e. The quantitative estimate of drug-likeness (QED) is 0.218. The van der Waals surface area contributed by atoms with Crippen LogP contribution in [0.1, 0.15) is 60.8 Å². The van der Waals surface area contributed by atoms with Gasteiger partial charge in [-0.05, 0) is 73.6 Å². The van der Waals surface area contributed by atoms with Crippen LogP contribution in [-0.2, 0) is 32.6 Å². The van der Waals surface area contributed by atoms with E-state index in [2.05, 4.69) is 5.32 Å². The molecule has 4 rings (SSSR count). The van der Waals surface area contributed by atoms with Crippen LogP contribution < -0.4 is 9.62 Å². The van der Waals surface area contributed by atoms with Crippen molar-refractivity contribution >= 4 is 50.7 Å². The summed E-state index contributed by atoms with van der Waals surface area (Å²) in [5.41, 5.74) is 4.05. The fourth-order valence-electron chi connectivity index (χ4n) is 5.74. The summed E-state index contributed by atoms with van der Waals surface area (Å²) < 4.78 is 27.0. The second-order valence-electron chi connectivity index (χ2n) is 11.6. The summed E-state index contributed by atoms with van der Waals surface area (Å²) in [5, 5.41) is 4.08. The predicted octanol–water partition coefficient (Wildman–Crippen LogP) is 6.86. The zero-order valence-corrected chi connectivity index (χ0v) is 27.9. The van der Waals surface area contributed by atoms with Crippen LogP contribution in [0.25, 0.3) is 0 Å². The molecule has 0 heterocycles. The summed E-state index contributed by atoms with van der Waals surface area (Å²) in [5.74, 6) is -0.458. The highest BCUT2D eigenvalue weighted by Gasteiger charge is 2.32. The van der Waals surface area contributed by atoms with Crippen LogP contribution in [0.15, 0.2) is 66.7 Å². The van der Waals surface area contributed by atoms with Crippen molar-refractivity contribution in [1.82, 2.24) is 10.2 Å². The topological polar surface area (TPSA) is 86.8 Å². The van der Waals surface area contributed by atoms with Crippen molar-refractivity contribution < 1.29 is 18.0 Å². The normalized spacial score (nSPS) is 14.3. The van der Waals surface area contributed by atoms with Crippen molar-refractivity contribution in [2.75, 3.05) is 17.1 Å². The molecule has 0 radical (unpaired) electrons. The molecule has 3 aromatic carbocycles. The number of aryl methyl sites for hydroxylation is 1. The van der Waals surface area contributed by atoms with E-state index in [4.69, 9.17) is 23.2 Å². The van der Waals surface area contributed by atoms with Gasteiger partial charge >= 0.3 is 0 Å². The molecule has 10 heteroatoms. The highest BCUT2D eigenvalue weighted by Crippen LogP contribution is 2.27. The summed E-state index contributed by atoms with van der Waals surface area (Å²) in [6.45, 7) is 4.06. The van der Waals surface area contributed by atoms with E-state index in [1.54, 1.807) is 29.2 Å². The van der Waals surface area contributed by atoms with Gasteiger partial charge in [0.25, 0.3) is 0 Å². The fourth-order valence-corrected chi connectivity index (χ4v) is 7.23. The number of rotatable bonds is 13. The predicted molar refractivity (Wildman–Crippen MR) is 179 cm³/mol. The van der Waals surface area contributed by atoms with E-state index in [9.17, 15) is 18.0 Å². The van der Waals surface area contributed by atoms with Crippen LogP contribution in [0.2, 0.25) is 10.0 Å². The highest BCUT2D eigenvalue weighted by molar-refractivity contribution is 7.92. The van der Waals surface area contributed by atoms with Crippen molar-refractivity contribution in [3.63, 3.8) is 0 Å². The summed E-state index contributed by atoms with van der Waals surface area (Å²) in [6, 6.07) is 19.6. The summed E-state index contributed by atoms with van der Waals surface area (Å²) in [7, 11) is -3.60. The third-order valence-corrected chi connectivity index (χ3v) is 10.1. The smallest absolute Gasteiger partial charge is 0.243 e. The molecule has 0 bridgehead atoms. The van der Waals surface area contributed by atoms with Crippen molar-refractivity contribution in [2.24, 2.45) is 0 Å². The second-order valence-corrected chi connectivity index (χ2v) is 14.4. The number of benzene rings is 3. The van der Waals surface area contributed by atoms with Gasteiger partial charge in [-0.3, -0.25) is 13.9 Å². The molecule has 0 aromatic heterocycles. The molecule has 1 saturated carbocycles. The van der Waals surface area contributed by atoms with Gasteiger partial charge in [0.1, 0.15) is 6.04 Å². The monoisotopic (exact) mass is 657 g/mol. The maximum atomic E-state index is 14.1. The molecule has 1 aliphatic rings. The Labute approximate surface area is 271 Å². The van der Waals surface area contributed by atoms with Crippen LogP contribution >= 0.6 is 23.2 Å². The van der Waals surface area contributed by atoms with Gasteiger partial charge in [0.15, 0.2) is 0 Å². The van der Waals surface area contributed by atoms with Crippen molar-refractivity contribution in [3.8, 4) is 0 Å². The molecule has 1 fully saturated rings. The number of amides is 2. The van der Waals surface area contributed by atoms with Crippen LogP contribution in [0.4, 0.5) is 5.69 Å². The van der Waals surface area contributed by atoms with Crippen LogP contribution in [-0.4, -0.2) is 50.0 Å². The molecule has 0 saturated heterocycles. The third kappa shape index (κ3) is 8.99. The third-order valence-electron chi connectivity index (χ3n) is 8.33. The fraction of sp³-hybridized carbons (Fsp3) is 0.412. The number of anilines is 1. The van der Waals surface area contributed by atoms with E-state index in [1.165, 1.54) is 10.6 Å². The van der Waals surface area contributed by atoms with Gasteiger partial charge in [-0.15, -0.1) is 0 Å². The first-order valence-corrected chi connectivity index (χ1v) is 17.7. The molecule has 1 atom stereocenters. The Bertz CT molecular complexity index is 1560. The Morgan fingerprint density at radius 3 is 2.34 bits per heavy atom. The van der Waals surface area contributed by atoms with E-state index < -0.39 is 16.1 Å². The van der Waals surface area contributed by atoms with Crippen LogP contribution in [0, 0.1) is 13.8 Å². The van der Waals surface area contributed by atoms with Gasteiger partial charge in [0.2, 0.25) is 21.8 Å². The van der Waals surface area contributed by atoms with Crippen LogP contribution in [0.3, 0.4) is 0 Å². The van der Waals surface area contributed by atoms with E-state index in [0.29, 0.717) is 27.7 Å². The lowest BCUT2D eigenvalue weighted by Gasteiger charge is -2.33. The van der Waals surface area contributed by atoms with E-state index in [0.717, 1.165) is 42.4 Å². The molecular formula is C34H41Cl2N3O4S. The minimum absolute atomic E-state index is 0.0457. The second kappa shape index (κ2) is 15.3. The first-order chi connectivity index (χ1) is 20.9. The SMILES string of the molecule is Cc1cccc(N(CCCC(=O)N(Cc2ccc(Cl)cc2Cl)C(Cc2ccccc2)C(=O)NC2CCCC2)S(C)(=O)=O)c1C. The van der Waals surface area contributed by atoms with E-state index in [1.807, 2.05) is 56.3 Å². The first-order valence-electron chi connectivity index (χ1n) is 15.1. The van der Waals surface area contributed by atoms with Crippen molar-refractivity contribution in [2.45, 2.75) is 77.4 Å². The van der Waals surface area contributed by atoms with Gasteiger partial charge < -0.3 is 10.2 Å². The van der Waals surface area contributed by atoms with Gasteiger partial charge in [-0.2, -0.15) is 0 Å². The minimum atomic E-state index is -3.60. The number of halogens is 2. The average molecular weight is 659 g/mol. The summed E-state index contributed by atoms with van der Waals surface area (Å²) >= 11 is 12.7. The number of nitrogens with zero attached hydrogens (tertiary/aromatic N) is 2. The molecular weight excluding hydrogens is 617 g/mol. The van der Waals surface area contributed by atoms with Crippen molar-refractivity contribution in [1.29, 1.82) is 0 Å². The zero-order valence-electron chi connectivity index (χ0n) is 25.6. The lowest BCUT2D eigenvalue weighted by Crippen LogP contribution is -2.52. The Morgan fingerprint density at radius 2 is 1.68 bits per heavy atom. The molecule has 0 aliphatic heterocycles. The molecule has 7 nitrogen and oxygen atoms in total. The Hall–Kier alpha value is -3.07. The minimum Gasteiger partial charge on any atom is -0.352 e. The summed E-state index contributed by atoms with van der Waals surface area (Å²) in [4.78, 5) is 29.6. The number of carbonyl (C=O) groups excluding carboxylic acids is 2. The Balaban J connectivity index is 1.62. The van der Waals surface area contributed by atoms with Crippen molar-refractivity contribution in [3.05, 3.63) is 99.0 Å². The lowest BCUT2D eigenvalue weighted by molar-refractivity contribution is -0.141. The molecule has 1 N–H and O–H groups in total. The van der Waals surface area contributed by atoms with Crippen LogP contribution in [0.5, 0.6) is 0 Å². The summed E-state index contributed by atoms with van der Waals surface area (Å²) in [6.07, 6.45) is 5.78. The van der Waals surface area contributed by atoms with Gasteiger partial charge in [-0.25, -0.2) is 8.42 Å². The first kappa shape index (κ1) is 33.8. The standard InChI is InChI=1S/C34H41Cl2N3O4S/c1-24-11-9-16-31(25(24)2)39(44(3,42)43)20-10-17-33(40)38(23-27-18-19-28(35)22-30(27)36)32(21-26-12-5-4-6-13-26)34(41)37-29-14-7-8-15-29/h4-6,9,11-13,16,18-19,22,29,32H,7-8,10,14-15,17,20-21,23H2,1-3H3,(H,37,41). The molecule has 2 amide bonds. The molecule has 44 heavy (non-hydrogen) atoms. The Kier molecular flexibility index (Phi) is 11.7. The molecule has 1 aliphatic carbocycles. The highest BCUT2D eigenvalue weighted by atomic mass is 35.5. The molecule has 236 valence electrons. The molecule has 3 aromatic rings. The van der Waals surface area contributed by atoms with Gasteiger partial charge in [0.05, 0.1) is 11.9 Å². The number of nitrogens with one attached hydrogen (secondary N) is 1. The van der Waals surface area contributed by atoms with Gasteiger partial charge in [-0.1, -0.05) is 84.6 Å². The number of hydrogen-bond acceptors (Lipinski definition) is 4. The molecule has 0 spiro atoms. The molecule has 1 unspecified atom stereocenters. The number of sulfonamides is 1. The maximum absolute atomic E-state index is 14.1. The lowest BCUT2D eigenvalue weighted by atomic mass is 10.0. The largest absolute Gasteiger partial charge is 0.352 e. The zero-order chi connectivity index (χ0) is 31.9.